The number of halogens is 1. The number of fused-ring (bicyclic) bond motifs is 1. The average Bonchev–Trinajstić information content (AvgIpc) is 2.90. The minimum absolute atomic E-state index is 0.256. The molecular formula is C30H42BrNO6. The molecule has 1 amide bonds. The Morgan fingerprint density at radius 3 is 2.39 bits per heavy atom. The minimum atomic E-state index is -0.437. The van der Waals surface area contributed by atoms with E-state index in [2.05, 4.69) is 28.6 Å². The van der Waals surface area contributed by atoms with E-state index in [0.29, 0.717) is 38.1 Å². The number of likely N-dealkylation sites (tertiary alicyclic amines) is 1. The van der Waals surface area contributed by atoms with Gasteiger partial charge in [0.05, 0.1) is 25.4 Å². The van der Waals surface area contributed by atoms with Gasteiger partial charge in [0.2, 0.25) is 0 Å². The smallest absolute Gasteiger partial charge is 0.410 e. The van der Waals surface area contributed by atoms with E-state index < -0.39 is 5.60 Å². The summed E-state index contributed by atoms with van der Waals surface area (Å²) in [5.41, 5.74) is 0.137. The summed E-state index contributed by atoms with van der Waals surface area (Å²) >= 11 is 3.13. The van der Waals surface area contributed by atoms with Gasteiger partial charge in [0.25, 0.3) is 0 Å². The third kappa shape index (κ3) is 12.6. The number of rotatable bonds is 6. The molecule has 7 nitrogen and oxygen atoms in total. The maximum absolute atomic E-state index is 11.7. The fourth-order valence-electron chi connectivity index (χ4n) is 3.43. The second-order valence-corrected chi connectivity index (χ2v) is 10.2. The largest absolute Gasteiger partial charge is 0.493 e. The van der Waals surface area contributed by atoms with Gasteiger partial charge in [0.15, 0.2) is 0 Å². The molecule has 0 saturated carbocycles. The summed E-state index contributed by atoms with van der Waals surface area (Å²) in [6.07, 6.45) is 7.52. The molecule has 38 heavy (non-hydrogen) atoms. The third-order valence-corrected chi connectivity index (χ3v) is 5.73. The maximum atomic E-state index is 11.7. The number of methoxy groups -OCH3 is 1. The van der Waals surface area contributed by atoms with Crippen molar-refractivity contribution in [2.75, 3.05) is 32.1 Å². The summed E-state index contributed by atoms with van der Waals surface area (Å²) in [7, 11) is 1.39. The van der Waals surface area contributed by atoms with Gasteiger partial charge in [-0.3, -0.25) is 0 Å². The molecule has 2 aromatic carbocycles. The van der Waals surface area contributed by atoms with Crippen LogP contribution >= 0.6 is 15.9 Å². The van der Waals surface area contributed by atoms with E-state index in [1.165, 1.54) is 7.11 Å². The van der Waals surface area contributed by atoms with Crippen LogP contribution < -0.4 is 4.74 Å². The van der Waals surface area contributed by atoms with E-state index >= 15 is 0 Å². The van der Waals surface area contributed by atoms with Crippen LogP contribution in [0.15, 0.2) is 61.2 Å². The van der Waals surface area contributed by atoms with Crippen molar-refractivity contribution in [1.82, 2.24) is 4.90 Å². The number of aliphatic hydroxyl groups is 1. The Morgan fingerprint density at radius 2 is 1.84 bits per heavy atom. The summed E-state index contributed by atoms with van der Waals surface area (Å²) in [5, 5.41) is 12.0. The second-order valence-electron chi connectivity index (χ2n) is 9.53. The first-order valence-corrected chi connectivity index (χ1v) is 13.9. The molecule has 1 aliphatic heterocycles. The molecular weight excluding hydrogens is 550 g/mol. The number of carbonyl (C=O) groups is 2. The Kier molecular flexibility index (Phi) is 15.4. The lowest BCUT2D eigenvalue weighted by Crippen LogP contribution is -2.42. The molecule has 3 rings (SSSR count). The van der Waals surface area contributed by atoms with Crippen molar-refractivity contribution in [3.63, 3.8) is 0 Å². The van der Waals surface area contributed by atoms with Gasteiger partial charge in [-0.15, -0.1) is 6.58 Å². The number of aliphatic hydroxyl groups excluding tert-OH is 1. The molecule has 8 heteroatoms. The number of esters is 1. The standard InChI is InChI=1S/C17H18O3.C10H19NO3.C3H5Br/c1-3-4-5-11-20-14-9-10-15-13(12-14)7-6-8-16(15)17(18)19-2;1-10(2,3)14-9(13)11-6-4-8(12)5-7-11;1-2-3-4/h3-4,6-10,12H,5,11H2,1-2H3;8,12H,4-7H2,1-3H3;2H,1,3H2/b4-3+;;. The van der Waals surface area contributed by atoms with Gasteiger partial charge in [-0.25, -0.2) is 9.59 Å². The number of ether oxygens (including phenoxy) is 3. The fourth-order valence-corrected chi connectivity index (χ4v) is 3.43. The Bertz CT molecular complexity index is 1040. The Hall–Kier alpha value is -2.84. The van der Waals surface area contributed by atoms with Crippen molar-refractivity contribution in [1.29, 1.82) is 0 Å². The molecule has 0 radical (unpaired) electrons. The number of carbonyl (C=O) groups excluding carboxylic acids is 2. The predicted octanol–water partition coefficient (Wildman–Crippen LogP) is 6.92. The zero-order valence-corrected chi connectivity index (χ0v) is 24.8. The second kappa shape index (κ2) is 17.6. The van der Waals surface area contributed by atoms with Crippen LogP contribution in [0.1, 0.15) is 57.3 Å². The minimum Gasteiger partial charge on any atom is -0.493 e. The van der Waals surface area contributed by atoms with E-state index in [1.807, 2.05) is 64.1 Å². The highest BCUT2D eigenvalue weighted by molar-refractivity contribution is 9.09. The van der Waals surface area contributed by atoms with E-state index in [0.717, 1.165) is 28.3 Å². The van der Waals surface area contributed by atoms with Crippen LogP contribution in [-0.4, -0.2) is 65.9 Å². The molecule has 0 spiro atoms. The van der Waals surface area contributed by atoms with Crippen LogP contribution in [0.25, 0.3) is 10.8 Å². The zero-order valence-electron chi connectivity index (χ0n) is 23.2. The molecule has 0 unspecified atom stereocenters. The van der Waals surface area contributed by atoms with E-state index in [4.69, 9.17) is 14.2 Å². The summed E-state index contributed by atoms with van der Waals surface area (Å²) < 4.78 is 15.7. The number of benzene rings is 2. The van der Waals surface area contributed by atoms with Gasteiger partial charge < -0.3 is 24.2 Å². The number of amides is 1. The van der Waals surface area contributed by atoms with E-state index in [-0.39, 0.29) is 18.2 Å². The normalized spacial score (nSPS) is 13.6. The first kappa shape index (κ1) is 33.2. The van der Waals surface area contributed by atoms with Gasteiger partial charge in [0.1, 0.15) is 11.4 Å². The van der Waals surface area contributed by atoms with Crippen LogP contribution in [0, 0.1) is 0 Å². The maximum Gasteiger partial charge on any atom is 0.410 e. The highest BCUT2D eigenvalue weighted by Gasteiger charge is 2.25. The molecule has 0 aliphatic carbocycles. The first-order valence-electron chi connectivity index (χ1n) is 12.7. The number of allylic oxidation sites excluding steroid dienone is 2. The van der Waals surface area contributed by atoms with E-state index in [1.54, 1.807) is 17.0 Å². The van der Waals surface area contributed by atoms with Gasteiger partial charge in [-0.2, -0.15) is 0 Å². The van der Waals surface area contributed by atoms with Gasteiger partial charge in [-0.1, -0.05) is 46.3 Å². The molecule has 0 aromatic heterocycles. The SMILES string of the molecule is C/C=C/CCOc1ccc2c(C(=O)OC)cccc2c1.C=CCBr.CC(C)(C)OC(=O)N1CCC(O)CC1. The Labute approximate surface area is 235 Å². The fraction of sp³-hybridized carbons (Fsp3) is 0.467. The highest BCUT2D eigenvalue weighted by atomic mass is 79.9. The number of hydrogen-bond acceptors (Lipinski definition) is 6. The topological polar surface area (TPSA) is 85.3 Å². The number of alkyl halides is 1. The summed E-state index contributed by atoms with van der Waals surface area (Å²) in [6.45, 7) is 12.8. The van der Waals surface area contributed by atoms with E-state index in [9.17, 15) is 14.7 Å². The van der Waals surface area contributed by atoms with Crippen molar-refractivity contribution in [2.24, 2.45) is 0 Å². The van der Waals surface area contributed by atoms with Gasteiger partial charge in [0, 0.05) is 18.4 Å². The summed E-state index contributed by atoms with van der Waals surface area (Å²) in [5.74, 6) is 0.487. The quantitative estimate of drug-likeness (QED) is 0.170. The molecule has 0 atom stereocenters. The monoisotopic (exact) mass is 591 g/mol. The molecule has 1 heterocycles. The highest BCUT2D eigenvalue weighted by Crippen LogP contribution is 2.24. The summed E-state index contributed by atoms with van der Waals surface area (Å²) in [6, 6.07) is 11.3. The van der Waals surface area contributed by atoms with Gasteiger partial charge in [-0.05, 0) is 82.0 Å². The van der Waals surface area contributed by atoms with Crippen LogP contribution in [0.5, 0.6) is 5.75 Å². The molecule has 1 N–H and O–H groups in total. The van der Waals surface area contributed by atoms with Crippen molar-refractivity contribution >= 4 is 38.8 Å². The van der Waals surface area contributed by atoms with Crippen molar-refractivity contribution in [3.8, 4) is 5.75 Å². The molecule has 1 aliphatic rings. The Balaban J connectivity index is 0.000000349. The van der Waals surface area contributed by atoms with Crippen molar-refractivity contribution < 1.29 is 28.9 Å². The molecule has 1 saturated heterocycles. The molecule has 1 fully saturated rings. The zero-order chi connectivity index (χ0) is 28.6. The van der Waals surface area contributed by atoms with Gasteiger partial charge >= 0.3 is 12.1 Å². The Morgan fingerprint density at radius 1 is 1.18 bits per heavy atom. The lowest BCUT2D eigenvalue weighted by molar-refractivity contribution is 0.0100. The summed E-state index contributed by atoms with van der Waals surface area (Å²) in [4.78, 5) is 24.9. The van der Waals surface area contributed by atoms with Crippen LogP contribution in [0.3, 0.4) is 0 Å². The van der Waals surface area contributed by atoms with Crippen molar-refractivity contribution in [3.05, 3.63) is 66.8 Å². The first-order chi connectivity index (χ1) is 18.1. The molecule has 210 valence electrons. The molecule has 0 bridgehead atoms. The number of hydrogen-bond donors (Lipinski definition) is 1. The van der Waals surface area contributed by atoms with Crippen LogP contribution in [0.2, 0.25) is 0 Å². The number of piperidine rings is 1. The predicted molar refractivity (Wildman–Crippen MR) is 157 cm³/mol. The lowest BCUT2D eigenvalue weighted by Gasteiger charge is -2.31. The van der Waals surface area contributed by atoms with Crippen LogP contribution in [-0.2, 0) is 9.47 Å². The third-order valence-electron chi connectivity index (χ3n) is 5.27. The number of nitrogens with zero attached hydrogens (tertiary/aromatic N) is 1. The van der Waals surface area contributed by atoms with Crippen molar-refractivity contribution in [2.45, 2.75) is 58.7 Å². The molecule has 2 aromatic rings. The lowest BCUT2D eigenvalue weighted by atomic mass is 10.0. The van der Waals surface area contributed by atoms with Crippen LogP contribution in [0.4, 0.5) is 4.79 Å². The average molecular weight is 593 g/mol.